The summed E-state index contributed by atoms with van der Waals surface area (Å²) < 4.78 is 0. The maximum absolute atomic E-state index is 13.0. The summed E-state index contributed by atoms with van der Waals surface area (Å²) in [7, 11) is 0. The van der Waals surface area contributed by atoms with Crippen molar-refractivity contribution in [3.8, 4) is 11.1 Å². The van der Waals surface area contributed by atoms with Crippen LogP contribution in [-0.2, 0) is 11.3 Å². The van der Waals surface area contributed by atoms with E-state index in [-0.39, 0.29) is 17.9 Å². The highest BCUT2D eigenvalue weighted by molar-refractivity contribution is 6.02. The van der Waals surface area contributed by atoms with Crippen molar-refractivity contribution in [2.75, 3.05) is 13.1 Å². The molecular weight excluding hydrogens is 352 g/mol. The minimum Gasteiger partial charge on any atom is -0.335 e. The molecule has 1 N–H and O–H groups in total. The first kappa shape index (κ1) is 16.7. The van der Waals surface area contributed by atoms with E-state index in [9.17, 15) is 9.59 Å². The molecule has 140 valence electrons. The second kappa shape index (κ2) is 6.05. The molecule has 6 heteroatoms. The number of nitrogens with one attached hydrogen (secondary N) is 1. The van der Waals surface area contributed by atoms with Crippen LogP contribution >= 0.6 is 0 Å². The Labute approximate surface area is 162 Å². The maximum Gasteiger partial charge on any atom is 0.254 e. The van der Waals surface area contributed by atoms with Crippen LogP contribution in [0.1, 0.15) is 21.5 Å². The molecule has 6 nitrogen and oxygen atoms in total. The van der Waals surface area contributed by atoms with Gasteiger partial charge in [0.1, 0.15) is 0 Å². The van der Waals surface area contributed by atoms with E-state index in [4.69, 9.17) is 0 Å². The zero-order valence-corrected chi connectivity index (χ0v) is 15.6. The van der Waals surface area contributed by atoms with E-state index in [1.165, 1.54) is 6.08 Å². The first-order valence-corrected chi connectivity index (χ1v) is 9.35. The summed E-state index contributed by atoms with van der Waals surface area (Å²) >= 11 is 0. The lowest BCUT2D eigenvalue weighted by Gasteiger charge is -2.43. The van der Waals surface area contributed by atoms with Crippen LogP contribution < -0.4 is 0 Å². The lowest BCUT2D eigenvalue weighted by atomic mass is 9.94. The van der Waals surface area contributed by atoms with Crippen molar-refractivity contribution in [1.82, 2.24) is 20.0 Å². The molecule has 1 fully saturated rings. The van der Waals surface area contributed by atoms with Crippen LogP contribution in [-0.4, -0.2) is 50.9 Å². The number of benzene rings is 2. The predicted molar refractivity (Wildman–Crippen MR) is 107 cm³/mol. The third-order valence-corrected chi connectivity index (χ3v) is 5.85. The largest absolute Gasteiger partial charge is 0.335 e. The van der Waals surface area contributed by atoms with Crippen LogP contribution in [0.2, 0.25) is 0 Å². The Balaban J connectivity index is 1.46. The van der Waals surface area contributed by atoms with Crippen LogP contribution in [0.15, 0.2) is 49.2 Å². The number of amides is 2. The molecule has 3 aromatic rings. The van der Waals surface area contributed by atoms with Crippen molar-refractivity contribution >= 4 is 22.7 Å². The average Bonchev–Trinajstić information content (AvgIpc) is 3.25. The quantitative estimate of drug-likeness (QED) is 0.719. The normalized spacial score (nSPS) is 16.4. The van der Waals surface area contributed by atoms with Gasteiger partial charge in [0.05, 0.1) is 17.8 Å². The number of carbonyl (C=O) groups is 2. The Morgan fingerprint density at radius 2 is 2.11 bits per heavy atom. The van der Waals surface area contributed by atoms with Gasteiger partial charge in [-0.15, -0.1) is 0 Å². The molecule has 2 aliphatic rings. The van der Waals surface area contributed by atoms with Gasteiger partial charge in [0.2, 0.25) is 5.91 Å². The number of nitrogens with zero attached hydrogens (tertiary/aromatic N) is 3. The second-order valence-electron chi connectivity index (χ2n) is 7.49. The molecule has 0 atom stereocenters. The molecule has 0 radical (unpaired) electrons. The van der Waals surface area contributed by atoms with E-state index in [1.54, 1.807) is 4.90 Å². The van der Waals surface area contributed by atoms with Crippen LogP contribution in [0, 0.1) is 6.92 Å². The molecular formula is C22H20N4O2. The van der Waals surface area contributed by atoms with Gasteiger partial charge in [-0.05, 0) is 47.4 Å². The molecule has 0 aliphatic carbocycles. The zero-order chi connectivity index (χ0) is 19.4. The Morgan fingerprint density at radius 1 is 1.29 bits per heavy atom. The number of fused-ring (bicyclic) bond motifs is 2. The fourth-order valence-corrected chi connectivity index (χ4v) is 4.25. The van der Waals surface area contributed by atoms with Crippen molar-refractivity contribution in [3.05, 3.63) is 65.9 Å². The van der Waals surface area contributed by atoms with Gasteiger partial charge < -0.3 is 9.80 Å². The number of hydrogen-bond acceptors (Lipinski definition) is 3. The number of carbonyl (C=O) groups excluding carboxylic acids is 2. The van der Waals surface area contributed by atoms with E-state index in [0.29, 0.717) is 19.6 Å². The van der Waals surface area contributed by atoms with Gasteiger partial charge in [0, 0.05) is 30.6 Å². The highest BCUT2D eigenvalue weighted by atomic mass is 16.2. The van der Waals surface area contributed by atoms with Crippen LogP contribution in [0.25, 0.3) is 22.0 Å². The van der Waals surface area contributed by atoms with Crippen molar-refractivity contribution in [1.29, 1.82) is 0 Å². The van der Waals surface area contributed by atoms with E-state index < -0.39 is 0 Å². The summed E-state index contributed by atoms with van der Waals surface area (Å²) in [5.74, 6) is -0.0315. The third-order valence-electron chi connectivity index (χ3n) is 5.85. The molecule has 1 saturated heterocycles. The molecule has 2 aliphatic heterocycles. The predicted octanol–water partition coefficient (Wildman–Crippen LogP) is 2.89. The SMILES string of the molecule is C=CC(=O)N1CC(N2Cc3ccc(-c4c(C)ccc5[nH]ncc45)cc3C2=O)C1. The first-order chi connectivity index (χ1) is 13.6. The van der Waals surface area contributed by atoms with E-state index in [2.05, 4.69) is 35.8 Å². The van der Waals surface area contributed by atoms with E-state index >= 15 is 0 Å². The van der Waals surface area contributed by atoms with Gasteiger partial charge in [-0.25, -0.2) is 0 Å². The summed E-state index contributed by atoms with van der Waals surface area (Å²) in [4.78, 5) is 28.3. The minimum atomic E-state index is -0.0774. The highest BCUT2D eigenvalue weighted by Crippen LogP contribution is 2.35. The monoisotopic (exact) mass is 372 g/mol. The minimum absolute atomic E-state index is 0.0459. The lowest BCUT2D eigenvalue weighted by molar-refractivity contribution is -0.132. The smallest absolute Gasteiger partial charge is 0.254 e. The highest BCUT2D eigenvalue weighted by Gasteiger charge is 2.40. The number of rotatable bonds is 3. The number of H-pyrrole nitrogens is 1. The first-order valence-electron chi connectivity index (χ1n) is 9.35. The standard InChI is InChI=1S/C22H20N4O2/c1-3-20(27)25-11-16(12-25)26-10-15-6-5-14(8-17(15)22(26)28)21-13(2)4-7-19-18(21)9-23-24-19/h3-9,16H,1,10-12H2,2H3,(H,23,24). The molecule has 1 aromatic heterocycles. The molecule has 0 unspecified atom stereocenters. The molecule has 2 amide bonds. The summed E-state index contributed by atoms with van der Waals surface area (Å²) in [6, 6.07) is 10.3. The van der Waals surface area contributed by atoms with E-state index in [1.807, 2.05) is 29.3 Å². The molecule has 0 saturated carbocycles. The second-order valence-corrected chi connectivity index (χ2v) is 7.49. The number of aromatic nitrogens is 2. The van der Waals surface area contributed by atoms with Crippen molar-refractivity contribution in [3.63, 3.8) is 0 Å². The van der Waals surface area contributed by atoms with Crippen LogP contribution in [0.3, 0.4) is 0 Å². The topological polar surface area (TPSA) is 69.3 Å². The Bertz CT molecular complexity index is 1140. The van der Waals surface area contributed by atoms with Crippen molar-refractivity contribution < 1.29 is 9.59 Å². The maximum atomic E-state index is 13.0. The van der Waals surface area contributed by atoms with Gasteiger partial charge in [-0.1, -0.05) is 24.8 Å². The number of hydrogen-bond donors (Lipinski definition) is 1. The average molecular weight is 372 g/mol. The Morgan fingerprint density at radius 3 is 2.89 bits per heavy atom. The summed E-state index contributed by atoms with van der Waals surface area (Å²) in [6.45, 7) is 7.34. The molecule has 0 spiro atoms. The fourth-order valence-electron chi connectivity index (χ4n) is 4.25. The lowest BCUT2D eigenvalue weighted by Crippen LogP contribution is -2.60. The molecule has 28 heavy (non-hydrogen) atoms. The zero-order valence-electron chi connectivity index (χ0n) is 15.6. The van der Waals surface area contributed by atoms with Gasteiger partial charge in [-0.3, -0.25) is 14.7 Å². The number of aromatic amines is 1. The molecule has 2 aromatic carbocycles. The summed E-state index contributed by atoms with van der Waals surface area (Å²) in [5.41, 5.74) is 6.05. The van der Waals surface area contributed by atoms with Crippen LogP contribution in [0.5, 0.6) is 0 Å². The summed E-state index contributed by atoms with van der Waals surface area (Å²) in [6.07, 6.45) is 3.15. The van der Waals surface area contributed by atoms with Gasteiger partial charge >= 0.3 is 0 Å². The third kappa shape index (κ3) is 2.37. The number of likely N-dealkylation sites (tertiary alicyclic amines) is 1. The van der Waals surface area contributed by atoms with Gasteiger partial charge in [0.25, 0.3) is 5.91 Å². The molecule has 0 bridgehead atoms. The number of aryl methyl sites for hydroxylation is 1. The Kier molecular flexibility index (Phi) is 3.62. The summed E-state index contributed by atoms with van der Waals surface area (Å²) in [5, 5.41) is 8.22. The molecule has 5 rings (SSSR count). The molecule has 3 heterocycles. The van der Waals surface area contributed by atoms with Gasteiger partial charge in [0.15, 0.2) is 0 Å². The van der Waals surface area contributed by atoms with Gasteiger partial charge in [-0.2, -0.15) is 5.10 Å². The van der Waals surface area contributed by atoms with E-state index in [0.717, 1.165) is 38.7 Å². The van der Waals surface area contributed by atoms with Crippen molar-refractivity contribution in [2.24, 2.45) is 0 Å². The van der Waals surface area contributed by atoms with Crippen molar-refractivity contribution in [2.45, 2.75) is 19.5 Å². The Hall–Kier alpha value is -3.41. The fraction of sp³-hybridized carbons (Fsp3) is 0.227. The van der Waals surface area contributed by atoms with Crippen LogP contribution in [0.4, 0.5) is 0 Å².